The summed E-state index contributed by atoms with van der Waals surface area (Å²) in [5.41, 5.74) is 2.48. The second kappa shape index (κ2) is 9.04. The van der Waals surface area contributed by atoms with Gasteiger partial charge in [0.15, 0.2) is 11.5 Å². The monoisotopic (exact) mass is 539 g/mol. The normalized spacial score (nSPS) is 23.6. The van der Waals surface area contributed by atoms with Gasteiger partial charge in [-0.3, -0.25) is 14.4 Å². The van der Waals surface area contributed by atoms with Gasteiger partial charge in [-0.15, -0.1) is 0 Å². The minimum atomic E-state index is -0.965. The molecule has 4 aliphatic heterocycles. The van der Waals surface area contributed by atoms with Crippen molar-refractivity contribution >= 4 is 40.9 Å². The highest BCUT2D eigenvalue weighted by Gasteiger charge is 2.64. The molecule has 3 aromatic rings. The largest absolute Gasteiger partial charge is 0.497 e. The second-order valence-electron chi connectivity index (χ2n) is 9.92. The van der Waals surface area contributed by atoms with Crippen LogP contribution in [0.3, 0.4) is 0 Å². The van der Waals surface area contributed by atoms with Crippen LogP contribution in [0.25, 0.3) is 6.08 Å². The number of carbonyl (C=O) groups excluding carboxylic acids is 3. The molecule has 40 heavy (non-hydrogen) atoms. The molecule has 3 amide bonds. The minimum Gasteiger partial charge on any atom is -0.497 e. The lowest BCUT2D eigenvalue weighted by atomic mass is 9.88. The van der Waals surface area contributed by atoms with E-state index in [0.717, 1.165) is 11.3 Å². The number of hydrogen-bond donors (Lipinski definition) is 1. The molecular formula is C30H25N3O7. The highest BCUT2D eigenvalue weighted by molar-refractivity contribution is 6.25. The average molecular weight is 540 g/mol. The second-order valence-corrected chi connectivity index (χ2v) is 9.92. The van der Waals surface area contributed by atoms with Crippen LogP contribution in [0.4, 0.5) is 17.1 Å². The van der Waals surface area contributed by atoms with Crippen molar-refractivity contribution < 1.29 is 33.3 Å². The molecule has 202 valence electrons. The Kier molecular flexibility index (Phi) is 5.44. The summed E-state index contributed by atoms with van der Waals surface area (Å²) in [5.74, 6) is -0.924. The van der Waals surface area contributed by atoms with Gasteiger partial charge in [0.25, 0.3) is 0 Å². The number of methoxy groups -OCH3 is 2. The zero-order valence-electron chi connectivity index (χ0n) is 21.7. The molecular weight excluding hydrogens is 514 g/mol. The zero-order valence-corrected chi connectivity index (χ0v) is 21.7. The van der Waals surface area contributed by atoms with Crippen molar-refractivity contribution in [1.29, 1.82) is 0 Å². The van der Waals surface area contributed by atoms with E-state index in [-0.39, 0.29) is 12.7 Å². The van der Waals surface area contributed by atoms with E-state index in [4.69, 9.17) is 18.9 Å². The van der Waals surface area contributed by atoms with Crippen LogP contribution in [0.5, 0.6) is 23.0 Å². The van der Waals surface area contributed by atoms with Gasteiger partial charge in [0.05, 0.1) is 43.5 Å². The lowest BCUT2D eigenvalue weighted by molar-refractivity contribution is -0.126. The number of hydrogen-bond acceptors (Lipinski definition) is 8. The van der Waals surface area contributed by atoms with Crippen LogP contribution in [0.2, 0.25) is 0 Å². The van der Waals surface area contributed by atoms with E-state index >= 15 is 0 Å². The van der Waals surface area contributed by atoms with Crippen LogP contribution in [0.1, 0.15) is 5.56 Å². The van der Waals surface area contributed by atoms with Crippen molar-refractivity contribution in [2.45, 2.75) is 12.1 Å². The first-order valence-corrected chi connectivity index (χ1v) is 12.9. The average Bonchev–Trinajstić information content (AvgIpc) is 3.65. The van der Waals surface area contributed by atoms with Gasteiger partial charge >= 0.3 is 0 Å². The Bertz CT molecular complexity index is 1600. The summed E-state index contributed by atoms with van der Waals surface area (Å²) in [6.45, 7) is 0.0726. The molecule has 0 bridgehead atoms. The van der Waals surface area contributed by atoms with Crippen molar-refractivity contribution in [2.24, 2.45) is 11.8 Å². The number of carbonyl (C=O) groups is 3. The van der Waals surface area contributed by atoms with E-state index < -0.39 is 35.7 Å². The van der Waals surface area contributed by atoms with Gasteiger partial charge < -0.3 is 29.2 Å². The van der Waals surface area contributed by atoms with Crippen molar-refractivity contribution in [2.75, 3.05) is 36.1 Å². The van der Waals surface area contributed by atoms with Crippen LogP contribution < -0.4 is 34.1 Å². The maximum atomic E-state index is 14.1. The van der Waals surface area contributed by atoms with E-state index in [1.807, 2.05) is 41.3 Å². The van der Waals surface area contributed by atoms with Gasteiger partial charge in [0.1, 0.15) is 17.5 Å². The van der Waals surface area contributed by atoms with Crippen LogP contribution in [-0.4, -0.2) is 50.8 Å². The van der Waals surface area contributed by atoms with Crippen LogP contribution in [0, 0.1) is 11.8 Å². The fraction of sp³-hybridized carbons (Fsp3) is 0.233. The molecule has 10 nitrogen and oxygen atoms in total. The van der Waals surface area contributed by atoms with Gasteiger partial charge in [-0.05, 0) is 35.9 Å². The fourth-order valence-electron chi connectivity index (χ4n) is 6.21. The molecule has 3 aromatic carbocycles. The highest BCUT2D eigenvalue weighted by Crippen LogP contribution is 2.50. The number of rotatable bonds is 5. The molecule has 4 heterocycles. The molecule has 7 rings (SSSR count). The van der Waals surface area contributed by atoms with Crippen LogP contribution >= 0.6 is 0 Å². The summed E-state index contributed by atoms with van der Waals surface area (Å²) in [5, 5.41) is 2.95. The number of ether oxygens (including phenoxy) is 4. The van der Waals surface area contributed by atoms with E-state index in [1.54, 1.807) is 36.4 Å². The molecule has 0 unspecified atom stereocenters. The summed E-state index contributed by atoms with van der Waals surface area (Å²) < 4.78 is 21.7. The summed E-state index contributed by atoms with van der Waals surface area (Å²) in [7, 11) is 3.04. The Labute approximate surface area is 229 Å². The third-order valence-corrected chi connectivity index (χ3v) is 7.96. The SMILES string of the molecule is COc1ccc(OC)c(NC(=O)[C@@H]2[C@H]3C(=O)N(c4ccc5c(c4)OCO5)C(=O)[C@@H]3[C@H]3C=Cc4ccccc4N32)c1. The van der Waals surface area contributed by atoms with E-state index in [9.17, 15) is 14.4 Å². The Morgan fingerprint density at radius 2 is 1.73 bits per heavy atom. The first-order chi connectivity index (χ1) is 19.5. The number of nitrogens with one attached hydrogen (secondary N) is 1. The third kappa shape index (κ3) is 3.45. The molecule has 2 fully saturated rings. The standard InChI is InChI=1S/C30H25N3O7/c1-37-18-9-12-22(38-2)19(14-18)31-28(34)27-26-25(21-10-7-16-5-3-4-6-20(16)33(21)27)29(35)32(30(26)36)17-8-11-23-24(13-17)40-15-39-23/h3-14,21,25-27H,15H2,1-2H3,(H,31,34)/t21-,25-,26+,27+/m1/s1. The summed E-state index contributed by atoms with van der Waals surface area (Å²) >= 11 is 0. The molecule has 4 atom stereocenters. The van der Waals surface area contributed by atoms with Crippen molar-refractivity contribution in [1.82, 2.24) is 0 Å². The first kappa shape index (κ1) is 24.1. The number of fused-ring (bicyclic) bond motifs is 6. The number of nitrogens with zero attached hydrogens (tertiary/aromatic N) is 2. The number of benzene rings is 3. The molecule has 0 saturated carbocycles. The Morgan fingerprint density at radius 3 is 2.55 bits per heavy atom. The number of anilines is 3. The molecule has 0 spiro atoms. The Hall–Kier alpha value is -4.99. The molecule has 1 N–H and O–H groups in total. The molecule has 10 heteroatoms. The highest BCUT2D eigenvalue weighted by atomic mass is 16.7. The van der Waals surface area contributed by atoms with Crippen molar-refractivity contribution in [3.63, 3.8) is 0 Å². The van der Waals surface area contributed by atoms with E-state index in [1.165, 1.54) is 19.1 Å². The van der Waals surface area contributed by atoms with E-state index in [2.05, 4.69) is 5.32 Å². The van der Waals surface area contributed by atoms with E-state index in [0.29, 0.717) is 34.4 Å². The smallest absolute Gasteiger partial charge is 0.248 e. The maximum Gasteiger partial charge on any atom is 0.248 e. The summed E-state index contributed by atoms with van der Waals surface area (Å²) in [4.78, 5) is 45.3. The molecule has 0 aromatic heterocycles. The van der Waals surface area contributed by atoms with Gasteiger partial charge in [-0.1, -0.05) is 30.4 Å². The van der Waals surface area contributed by atoms with Crippen molar-refractivity contribution in [3.8, 4) is 23.0 Å². The van der Waals surface area contributed by atoms with Crippen LogP contribution in [-0.2, 0) is 14.4 Å². The van der Waals surface area contributed by atoms with Gasteiger partial charge in [-0.2, -0.15) is 0 Å². The number of imide groups is 1. The molecule has 2 saturated heterocycles. The predicted octanol–water partition coefficient (Wildman–Crippen LogP) is 3.46. The number of amides is 3. The lowest BCUT2D eigenvalue weighted by Crippen LogP contribution is -2.50. The number of para-hydroxylation sites is 1. The third-order valence-electron chi connectivity index (χ3n) is 7.96. The topological polar surface area (TPSA) is 107 Å². The lowest BCUT2D eigenvalue weighted by Gasteiger charge is -2.36. The van der Waals surface area contributed by atoms with Gasteiger partial charge in [0.2, 0.25) is 24.5 Å². The Balaban J connectivity index is 1.31. The summed E-state index contributed by atoms with van der Waals surface area (Å²) in [6.07, 6.45) is 3.85. The van der Waals surface area contributed by atoms with Gasteiger partial charge in [-0.25, -0.2) is 4.90 Å². The zero-order chi connectivity index (χ0) is 27.5. The predicted molar refractivity (Wildman–Crippen MR) is 146 cm³/mol. The first-order valence-electron chi connectivity index (χ1n) is 12.9. The quantitative estimate of drug-likeness (QED) is 0.492. The van der Waals surface area contributed by atoms with Crippen molar-refractivity contribution in [3.05, 3.63) is 72.3 Å². The van der Waals surface area contributed by atoms with Gasteiger partial charge in [0, 0.05) is 17.8 Å². The summed E-state index contributed by atoms with van der Waals surface area (Å²) in [6, 6.07) is 16.2. The van der Waals surface area contributed by atoms with Crippen LogP contribution in [0.15, 0.2) is 66.7 Å². The minimum absolute atomic E-state index is 0.0726. The molecule has 4 aliphatic rings. The Morgan fingerprint density at radius 1 is 0.925 bits per heavy atom. The maximum absolute atomic E-state index is 14.1. The fourth-order valence-corrected chi connectivity index (χ4v) is 6.21. The molecule has 0 aliphatic carbocycles. The molecule has 0 radical (unpaired) electrons.